The molecule has 1 fully saturated rings. The van der Waals surface area contributed by atoms with Gasteiger partial charge in [0.05, 0.1) is 11.4 Å². The molecule has 1 aromatic rings. The van der Waals surface area contributed by atoms with Crippen molar-refractivity contribution in [2.75, 3.05) is 17.7 Å². The van der Waals surface area contributed by atoms with Crippen molar-refractivity contribution in [2.45, 2.75) is 39.2 Å². The van der Waals surface area contributed by atoms with Crippen LogP contribution in [0.15, 0.2) is 18.2 Å². The molecule has 1 atom stereocenters. The molecule has 2 N–H and O–H groups in total. The molecule has 0 radical (unpaired) electrons. The fourth-order valence-electron chi connectivity index (χ4n) is 2.60. The second kappa shape index (κ2) is 7.51. The Balaban J connectivity index is 2.00. The van der Waals surface area contributed by atoms with Crippen LogP contribution < -0.4 is 10.9 Å². The van der Waals surface area contributed by atoms with E-state index in [-0.39, 0.29) is 11.7 Å². The fraction of sp³-hybridized carbons (Fsp3) is 0.533. The number of sulfonamides is 1. The predicted molar refractivity (Wildman–Crippen MR) is 91.8 cm³/mol. The second-order valence-electron chi connectivity index (χ2n) is 5.66. The molecule has 0 unspecified atom stereocenters. The Kier molecular flexibility index (Phi) is 5.89. The molecule has 1 amide bonds. The number of benzene rings is 1. The minimum atomic E-state index is -3.38. The third-order valence-corrected chi connectivity index (χ3v) is 6.31. The summed E-state index contributed by atoms with van der Waals surface area (Å²) in [6, 6.07) is 4.68. The molecule has 0 bridgehead atoms. The molecular weight excluding hydrogens is 338 g/mol. The van der Waals surface area contributed by atoms with Crippen molar-refractivity contribution in [1.29, 1.82) is 0 Å². The van der Waals surface area contributed by atoms with Crippen molar-refractivity contribution in [3.8, 4) is 0 Å². The molecule has 1 aliphatic rings. The van der Waals surface area contributed by atoms with Crippen molar-refractivity contribution in [1.82, 2.24) is 9.73 Å². The molecule has 2 rings (SSSR count). The van der Waals surface area contributed by atoms with Gasteiger partial charge in [0.2, 0.25) is 10.0 Å². The van der Waals surface area contributed by atoms with Gasteiger partial charge in [-0.15, -0.1) is 0 Å². The lowest BCUT2D eigenvalue weighted by Gasteiger charge is -2.23. The minimum absolute atomic E-state index is 0.0672. The summed E-state index contributed by atoms with van der Waals surface area (Å²) < 4.78 is 25.7. The first kappa shape index (κ1) is 18.0. The van der Waals surface area contributed by atoms with Crippen LogP contribution in [-0.4, -0.2) is 37.0 Å². The van der Waals surface area contributed by atoms with Gasteiger partial charge in [0.1, 0.15) is 6.04 Å². The van der Waals surface area contributed by atoms with Crippen LogP contribution in [0.2, 0.25) is 5.02 Å². The van der Waals surface area contributed by atoms with Crippen molar-refractivity contribution in [3.05, 3.63) is 28.8 Å². The number of carbonyl (C=O) groups is 1. The van der Waals surface area contributed by atoms with Crippen LogP contribution in [-0.2, 0) is 14.8 Å². The quantitative estimate of drug-likeness (QED) is 0.764. The number of amides is 1. The summed E-state index contributed by atoms with van der Waals surface area (Å²) in [5, 5.41) is 0.595. The number of hydrogen-bond donors (Lipinski definition) is 2. The molecular formula is C15H22ClN3O3S. The Morgan fingerprint density at radius 3 is 2.83 bits per heavy atom. The van der Waals surface area contributed by atoms with Gasteiger partial charge in [-0.2, -0.15) is 4.31 Å². The monoisotopic (exact) mass is 359 g/mol. The lowest BCUT2D eigenvalue weighted by Crippen LogP contribution is -2.48. The van der Waals surface area contributed by atoms with E-state index >= 15 is 0 Å². The number of aryl methyl sites for hydroxylation is 1. The van der Waals surface area contributed by atoms with Gasteiger partial charge < -0.3 is 0 Å². The van der Waals surface area contributed by atoms with Crippen LogP contribution in [0.1, 0.15) is 31.7 Å². The second-order valence-corrected chi connectivity index (χ2v) is 8.11. The summed E-state index contributed by atoms with van der Waals surface area (Å²) in [6.45, 7) is 4.10. The summed E-state index contributed by atoms with van der Waals surface area (Å²) in [6.07, 6.45) is 1.76. The number of rotatable bonds is 6. The summed E-state index contributed by atoms with van der Waals surface area (Å²) in [5.41, 5.74) is 6.95. The van der Waals surface area contributed by atoms with E-state index in [1.54, 1.807) is 12.1 Å². The average molecular weight is 360 g/mol. The van der Waals surface area contributed by atoms with Crippen LogP contribution in [0.3, 0.4) is 0 Å². The molecule has 1 heterocycles. The molecule has 0 spiro atoms. The normalized spacial score (nSPS) is 18.8. The zero-order valence-electron chi connectivity index (χ0n) is 13.3. The lowest BCUT2D eigenvalue weighted by atomic mass is 10.2. The van der Waals surface area contributed by atoms with E-state index in [1.165, 1.54) is 4.31 Å². The average Bonchev–Trinajstić information content (AvgIpc) is 2.98. The molecule has 6 nitrogen and oxygen atoms in total. The number of carbonyl (C=O) groups excluding carboxylic acids is 1. The van der Waals surface area contributed by atoms with Gasteiger partial charge in [-0.3, -0.25) is 15.6 Å². The summed E-state index contributed by atoms with van der Waals surface area (Å²) in [7, 11) is -3.38. The Hall–Kier alpha value is -1.31. The van der Waals surface area contributed by atoms with Gasteiger partial charge in [-0.1, -0.05) is 24.6 Å². The molecule has 1 saturated heterocycles. The van der Waals surface area contributed by atoms with Crippen molar-refractivity contribution < 1.29 is 13.2 Å². The predicted octanol–water partition coefficient (Wildman–Crippen LogP) is 2.30. The summed E-state index contributed by atoms with van der Waals surface area (Å²) in [5.74, 6) is -0.281. The lowest BCUT2D eigenvalue weighted by molar-refractivity contribution is -0.123. The highest BCUT2D eigenvalue weighted by Gasteiger charge is 2.38. The van der Waals surface area contributed by atoms with Gasteiger partial charge >= 0.3 is 0 Å². The van der Waals surface area contributed by atoms with Gasteiger partial charge in [0, 0.05) is 11.6 Å². The van der Waals surface area contributed by atoms with Crippen molar-refractivity contribution >= 4 is 33.2 Å². The molecule has 1 aliphatic heterocycles. The smallest absolute Gasteiger partial charge is 0.256 e. The maximum absolute atomic E-state index is 12.3. The van der Waals surface area contributed by atoms with Crippen LogP contribution in [0, 0.1) is 6.92 Å². The maximum Gasteiger partial charge on any atom is 0.256 e. The van der Waals surface area contributed by atoms with E-state index in [1.807, 2.05) is 19.9 Å². The van der Waals surface area contributed by atoms with Crippen molar-refractivity contribution in [3.63, 3.8) is 0 Å². The molecule has 0 aliphatic carbocycles. The van der Waals surface area contributed by atoms with E-state index in [9.17, 15) is 13.2 Å². The first-order valence-corrected chi connectivity index (χ1v) is 9.65. The van der Waals surface area contributed by atoms with E-state index in [2.05, 4.69) is 10.9 Å². The number of anilines is 1. The third kappa shape index (κ3) is 4.37. The number of nitrogens with zero attached hydrogens (tertiary/aromatic N) is 1. The van der Waals surface area contributed by atoms with E-state index in [4.69, 9.17) is 11.6 Å². The van der Waals surface area contributed by atoms with Gasteiger partial charge in [0.15, 0.2) is 0 Å². The number of halogens is 1. The van der Waals surface area contributed by atoms with Crippen LogP contribution >= 0.6 is 11.6 Å². The zero-order chi connectivity index (χ0) is 17.0. The van der Waals surface area contributed by atoms with Gasteiger partial charge in [0.25, 0.3) is 5.91 Å². The summed E-state index contributed by atoms with van der Waals surface area (Å²) in [4.78, 5) is 12.3. The van der Waals surface area contributed by atoms with Gasteiger partial charge in [-0.25, -0.2) is 8.42 Å². The topological polar surface area (TPSA) is 78.5 Å². The van der Waals surface area contributed by atoms with Crippen LogP contribution in [0.25, 0.3) is 0 Å². The number of nitrogens with one attached hydrogen (secondary N) is 2. The third-order valence-electron chi connectivity index (χ3n) is 3.83. The first-order chi connectivity index (χ1) is 10.8. The molecule has 128 valence electrons. The van der Waals surface area contributed by atoms with Gasteiger partial charge in [-0.05, 0) is 43.9 Å². The highest BCUT2D eigenvalue weighted by Crippen LogP contribution is 2.23. The maximum atomic E-state index is 12.3. The minimum Gasteiger partial charge on any atom is -0.299 e. The molecule has 1 aromatic carbocycles. The standard InChI is InChI=1S/C15H22ClN3O3S/c1-3-9-23(21,22)19-8-4-5-14(19)15(20)18-17-12-7-6-11(2)13(16)10-12/h6-7,10,14,17H,3-5,8-9H2,1-2H3,(H,18,20)/t14-/m1/s1. The Labute approximate surface area is 142 Å². The molecule has 8 heteroatoms. The zero-order valence-corrected chi connectivity index (χ0v) is 14.9. The molecule has 0 aromatic heterocycles. The highest BCUT2D eigenvalue weighted by atomic mass is 35.5. The Bertz CT molecular complexity index is 679. The molecule has 23 heavy (non-hydrogen) atoms. The Morgan fingerprint density at radius 1 is 1.43 bits per heavy atom. The van der Waals surface area contributed by atoms with E-state index in [0.717, 1.165) is 5.56 Å². The fourth-order valence-corrected chi connectivity index (χ4v) is 4.53. The van der Waals surface area contributed by atoms with E-state index < -0.39 is 16.1 Å². The Morgan fingerprint density at radius 2 is 2.17 bits per heavy atom. The molecule has 0 saturated carbocycles. The van der Waals surface area contributed by atoms with Crippen LogP contribution in [0.4, 0.5) is 5.69 Å². The van der Waals surface area contributed by atoms with Crippen LogP contribution in [0.5, 0.6) is 0 Å². The highest BCUT2D eigenvalue weighted by molar-refractivity contribution is 7.89. The van der Waals surface area contributed by atoms with E-state index in [0.29, 0.717) is 36.5 Å². The SMILES string of the molecule is CCCS(=O)(=O)N1CCC[C@@H]1C(=O)NNc1ccc(C)c(Cl)c1. The van der Waals surface area contributed by atoms with Crippen molar-refractivity contribution in [2.24, 2.45) is 0 Å². The number of hydrazine groups is 1. The number of hydrogen-bond acceptors (Lipinski definition) is 4. The largest absolute Gasteiger partial charge is 0.299 e. The first-order valence-electron chi connectivity index (χ1n) is 7.66. The summed E-state index contributed by atoms with van der Waals surface area (Å²) >= 11 is 6.03.